The molecule has 0 radical (unpaired) electrons. The number of rotatable bonds is 4. The maximum Gasteiger partial charge on any atom is 0.157 e. The lowest BCUT2D eigenvalue weighted by atomic mass is 9.95. The van der Waals surface area contributed by atoms with E-state index in [1.54, 1.807) is 0 Å². The van der Waals surface area contributed by atoms with Gasteiger partial charge in [0.15, 0.2) is 6.29 Å². The van der Waals surface area contributed by atoms with E-state index in [9.17, 15) is 0 Å². The summed E-state index contributed by atoms with van der Waals surface area (Å²) in [5.74, 6) is 0.622. The van der Waals surface area contributed by atoms with Crippen LogP contribution < -0.4 is 0 Å². The molecule has 0 spiro atoms. The Labute approximate surface area is 93.7 Å². The Morgan fingerprint density at radius 3 is 2.47 bits per heavy atom. The molecule has 0 saturated carbocycles. The minimum Gasteiger partial charge on any atom is -0.352 e. The summed E-state index contributed by atoms with van der Waals surface area (Å²) in [6.45, 7) is 10.3. The number of allylic oxidation sites excluding steroid dienone is 2. The smallest absolute Gasteiger partial charge is 0.157 e. The lowest BCUT2D eigenvalue weighted by Gasteiger charge is -2.34. The maximum absolute atomic E-state index is 5.68. The molecule has 0 unspecified atom stereocenters. The third-order valence-electron chi connectivity index (χ3n) is 2.70. The zero-order valence-corrected chi connectivity index (χ0v) is 10.5. The fourth-order valence-electron chi connectivity index (χ4n) is 1.72. The van der Waals surface area contributed by atoms with Crippen LogP contribution >= 0.6 is 0 Å². The third-order valence-corrected chi connectivity index (χ3v) is 2.70. The van der Waals surface area contributed by atoms with Gasteiger partial charge in [0.25, 0.3) is 0 Å². The van der Waals surface area contributed by atoms with Gasteiger partial charge in [-0.2, -0.15) is 0 Å². The highest BCUT2D eigenvalue weighted by atomic mass is 16.7. The molecule has 1 heterocycles. The van der Waals surface area contributed by atoms with Crippen molar-refractivity contribution < 1.29 is 9.47 Å². The Kier molecular flexibility index (Phi) is 4.81. The first kappa shape index (κ1) is 12.7. The van der Waals surface area contributed by atoms with E-state index < -0.39 is 0 Å². The molecule has 1 fully saturated rings. The highest BCUT2D eigenvalue weighted by Crippen LogP contribution is 2.25. The van der Waals surface area contributed by atoms with Crippen LogP contribution in [0.3, 0.4) is 0 Å². The molecule has 1 rings (SSSR count). The van der Waals surface area contributed by atoms with Crippen LogP contribution in [0.4, 0.5) is 0 Å². The van der Waals surface area contributed by atoms with Crippen molar-refractivity contribution in [2.24, 2.45) is 11.3 Å². The van der Waals surface area contributed by atoms with Crippen LogP contribution in [-0.2, 0) is 9.47 Å². The summed E-state index contributed by atoms with van der Waals surface area (Å²) in [6.07, 6.45) is 6.49. The second-order valence-electron chi connectivity index (χ2n) is 5.30. The van der Waals surface area contributed by atoms with Gasteiger partial charge in [-0.05, 0) is 25.7 Å². The predicted molar refractivity (Wildman–Crippen MR) is 62.7 cm³/mol. The largest absolute Gasteiger partial charge is 0.352 e. The molecule has 1 aliphatic rings. The van der Waals surface area contributed by atoms with Crippen molar-refractivity contribution >= 4 is 0 Å². The van der Waals surface area contributed by atoms with Gasteiger partial charge >= 0.3 is 0 Å². The molecule has 0 amide bonds. The lowest BCUT2D eigenvalue weighted by Crippen LogP contribution is -2.37. The van der Waals surface area contributed by atoms with Crippen molar-refractivity contribution in [3.8, 4) is 0 Å². The topological polar surface area (TPSA) is 18.5 Å². The first-order valence-corrected chi connectivity index (χ1v) is 5.89. The van der Waals surface area contributed by atoms with Gasteiger partial charge in [-0.3, -0.25) is 0 Å². The van der Waals surface area contributed by atoms with Gasteiger partial charge in [0.05, 0.1) is 13.2 Å². The van der Waals surface area contributed by atoms with Crippen LogP contribution in [0.5, 0.6) is 0 Å². The second kappa shape index (κ2) is 5.66. The van der Waals surface area contributed by atoms with Crippen molar-refractivity contribution in [2.75, 3.05) is 13.2 Å². The van der Waals surface area contributed by atoms with Crippen molar-refractivity contribution in [3.05, 3.63) is 12.2 Å². The quantitative estimate of drug-likeness (QED) is 0.665. The number of hydrogen-bond donors (Lipinski definition) is 0. The van der Waals surface area contributed by atoms with Crippen molar-refractivity contribution in [2.45, 2.75) is 46.8 Å². The summed E-state index contributed by atoms with van der Waals surface area (Å²) in [5.41, 5.74) is 0.186. The zero-order chi connectivity index (χ0) is 11.3. The highest BCUT2D eigenvalue weighted by Gasteiger charge is 2.27. The van der Waals surface area contributed by atoms with E-state index in [0.717, 1.165) is 26.1 Å². The van der Waals surface area contributed by atoms with E-state index in [-0.39, 0.29) is 11.7 Å². The molecule has 1 saturated heterocycles. The minimum atomic E-state index is 0.0192. The molecule has 15 heavy (non-hydrogen) atoms. The Morgan fingerprint density at radius 1 is 1.33 bits per heavy atom. The third kappa shape index (κ3) is 4.80. The normalized spacial score (nSPS) is 24.5. The SMILES string of the molecule is C/C=C/[C@@H](C)CCC1OCC(C)(C)CO1. The van der Waals surface area contributed by atoms with Gasteiger partial charge in [-0.1, -0.05) is 32.9 Å². The van der Waals surface area contributed by atoms with E-state index >= 15 is 0 Å². The van der Waals surface area contributed by atoms with Crippen LogP contribution in [0.25, 0.3) is 0 Å². The van der Waals surface area contributed by atoms with Crippen LogP contribution in [0.15, 0.2) is 12.2 Å². The average Bonchev–Trinajstić information content (AvgIpc) is 2.17. The average molecular weight is 212 g/mol. The molecule has 88 valence electrons. The summed E-state index contributed by atoms with van der Waals surface area (Å²) in [4.78, 5) is 0. The molecule has 0 aromatic carbocycles. The lowest BCUT2D eigenvalue weighted by molar-refractivity contribution is -0.224. The maximum atomic E-state index is 5.68. The van der Waals surface area contributed by atoms with Crippen LogP contribution in [-0.4, -0.2) is 19.5 Å². The van der Waals surface area contributed by atoms with Gasteiger partial charge in [-0.25, -0.2) is 0 Å². The molecular formula is C13H24O2. The van der Waals surface area contributed by atoms with Crippen molar-refractivity contribution in [3.63, 3.8) is 0 Å². The fourth-order valence-corrected chi connectivity index (χ4v) is 1.72. The molecule has 2 nitrogen and oxygen atoms in total. The number of hydrogen-bond acceptors (Lipinski definition) is 2. The van der Waals surface area contributed by atoms with Crippen molar-refractivity contribution in [1.82, 2.24) is 0 Å². The second-order valence-corrected chi connectivity index (χ2v) is 5.30. The Morgan fingerprint density at radius 2 is 1.93 bits per heavy atom. The summed E-state index contributed by atoms with van der Waals surface area (Å²) in [6, 6.07) is 0. The van der Waals surface area contributed by atoms with Crippen molar-refractivity contribution in [1.29, 1.82) is 0 Å². The minimum absolute atomic E-state index is 0.0192. The Bertz CT molecular complexity index is 199. The predicted octanol–water partition coefficient (Wildman–Crippen LogP) is 3.38. The first-order valence-electron chi connectivity index (χ1n) is 5.89. The standard InChI is InChI=1S/C13H24O2/c1-5-6-11(2)7-8-12-14-9-13(3,4)10-15-12/h5-6,11-12H,7-10H2,1-4H3/b6-5+/t11-/m1/s1. The van der Waals surface area contributed by atoms with Gasteiger partial charge in [0.1, 0.15) is 0 Å². The Balaban J connectivity index is 2.19. The van der Waals surface area contributed by atoms with Gasteiger partial charge in [0.2, 0.25) is 0 Å². The first-order chi connectivity index (χ1) is 7.03. The molecule has 0 aromatic heterocycles. The van der Waals surface area contributed by atoms with Crippen LogP contribution in [0, 0.1) is 11.3 Å². The van der Waals surface area contributed by atoms with E-state index in [1.165, 1.54) is 0 Å². The van der Waals surface area contributed by atoms with Gasteiger partial charge in [0, 0.05) is 5.41 Å². The van der Waals surface area contributed by atoms with Gasteiger partial charge < -0.3 is 9.47 Å². The molecular weight excluding hydrogens is 188 g/mol. The summed E-state index contributed by atoms with van der Waals surface area (Å²) >= 11 is 0. The zero-order valence-electron chi connectivity index (χ0n) is 10.5. The van der Waals surface area contributed by atoms with Gasteiger partial charge in [-0.15, -0.1) is 0 Å². The summed E-state index contributed by atoms with van der Waals surface area (Å²) in [5, 5.41) is 0. The van der Waals surface area contributed by atoms with Crippen LogP contribution in [0.1, 0.15) is 40.5 Å². The summed E-state index contributed by atoms with van der Waals surface area (Å²) < 4.78 is 11.4. The summed E-state index contributed by atoms with van der Waals surface area (Å²) in [7, 11) is 0. The molecule has 0 bridgehead atoms. The molecule has 0 N–H and O–H groups in total. The van der Waals surface area contributed by atoms with E-state index in [4.69, 9.17) is 9.47 Å². The fraction of sp³-hybridized carbons (Fsp3) is 0.846. The molecule has 0 aromatic rings. The molecule has 1 aliphatic heterocycles. The molecule has 0 aliphatic carbocycles. The van der Waals surface area contributed by atoms with E-state index in [1.807, 2.05) is 0 Å². The monoisotopic (exact) mass is 212 g/mol. The van der Waals surface area contributed by atoms with E-state index in [2.05, 4.69) is 39.8 Å². The molecule has 2 heteroatoms. The molecule has 1 atom stereocenters. The Hall–Kier alpha value is -0.340. The van der Waals surface area contributed by atoms with E-state index in [0.29, 0.717) is 5.92 Å². The highest BCUT2D eigenvalue weighted by molar-refractivity contribution is 4.83. The number of ether oxygens (including phenoxy) is 2. The van der Waals surface area contributed by atoms with Crippen LogP contribution in [0.2, 0.25) is 0 Å².